The molecule has 3 saturated heterocycles. The van der Waals surface area contributed by atoms with Crippen LogP contribution >= 0.6 is 11.3 Å². The van der Waals surface area contributed by atoms with Crippen molar-refractivity contribution in [2.24, 2.45) is 0 Å². The van der Waals surface area contributed by atoms with Crippen molar-refractivity contribution in [1.82, 2.24) is 10.3 Å². The summed E-state index contributed by atoms with van der Waals surface area (Å²) in [7, 11) is -2.01. The number of alkyl halides is 5. The maximum Gasteiger partial charge on any atom is 0.586 e. The first kappa shape index (κ1) is 32.6. The number of carbonyl (C=O) groups excluding carboxylic acids is 2. The number of hydrogen-bond donors (Lipinski definition) is 2. The van der Waals surface area contributed by atoms with Gasteiger partial charge in [0.1, 0.15) is 17.2 Å². The fourth-order valence-electron chi connectivity index (χ4n) is 6.48. The normalized spacial score (nSPS) is 25.6. The van der Waals surface area contributed by atoms with Gasteiger partial charge < -0.3 is 34.5 Å². The van der Waals surface area contributed by atoms with Crippen molar-refractivity contribution in [3.63, 3.8) is 0 Å². The second-order valence-electron chi connectivity index (χ2n) is 12.2. The lowest BCUT2D eigenvalue weighted by Crippen LogP contribution is -2.66. The smallest absolute Gasteiger partial charge is 0.496 e. The molecule has 5 aliphatic rings. The summed E-state index contributed by atoms with van der Waals surface area (Å²) in [5, 5.41) is 5.64. The highest BCUT2D eigenvalue weighted by molar-refractivity contribution is 7.91. The summed E-state index contributed by atoms with van der Waals surface area (Å²) in [4.78, 5) is 33.8. The topological polar surface area (TPSA) is 145 Å². The van der Waals surface area contributed by atoms with Crippen molar-refractivity contribution in [3.05, 3.63) is 35.4 Å². The van der Waals surface area contributed by atoms with Gasteiger partial charge in [-0.1, -0.05) is 11.3 Å². The lowest BCUT2D eigenvalue weighted by Gasteiger charge is -2.53. The van der Waals surface area contributed by atoms with E-state index in [2.05, 4.69) is 25.1 Å². The van der Waals surface area contributed by atoms with Crippen molar-refractivity contribution in [2.45, 2.75) is 55.7 Å². The fourth-order valence-corrected chi connectivity index (χ4v) is 9.11. The first-order chi connectivity index (χ1) is 22.5. The standard InChI is InChI=1S/C29H27F5N4O8S2/c1-43-18-4-3-16-22(47-25(36-16)38-9-2-10-48(41,42)14-38)21(18)24(40)35-17-12-20-19(45-29(33,34)46-20)11-15(17)23(39)37-26-5-7-27(8-6-26,44-13-26)28(30,31)32/h3-4,11-12H,2,5-10,13-14H2,1H3,(H,35,40)(H,37,39). The summed E-state index contributed by atoms with van der Waals surface area (Å²) >= 11 is 1.05. The number of sulfone groups is 1. The predicted octanol–water partition coefficient (Wildman–Crippen LogP) is 4.84. The van der Waals surface area contributed by atoms with Crippen LogP contribution in [0, 0.1) is 0 Å². The Morgan fingerprint density at radius 2 is 1.77 bits per heavy atom. The third-order valence-corrected chi connectivity index (χ3v) is 11.8. The average molecular weight is 719 g/mol. The maximum atomic E-state index is 14.0. The fraction of sp³-hybridized carbons (Fsp3) is 0.483. The molecule has 1 saturated carbocycles. The van der Waals surface area contributed by atoms with Gasteiger partial charge in [-0.25, -0.2) is 13.4 Å². The van der Waals surface area contributed by atoms with Crippen LogP contribution < -0.4 is 29.7 Å². The molecule has 2 amide bonds. The highest BCUT2D eigenvalue weighted by Gasteiger charge is 2.63. The number of fused-ring (bicyclic) bond motifs is 5. The molecule has 48 heavy (non-hydrogen) atoms. The number of methoxy groups -OCH3 is 1. The molecule has 19 heteroatoms. The van der Waals surface area contributed by atoms with Crippen LogP contribution in [0.1, 0.15) is 52.8 Å². The van der Waals surface area contributed by atoms with E-state index in [4.69, 9.17) is 9.47 Å². The molecule has 2 aromatic carbocycles. The molecule has 12 nitrogen and oxygen atoms in total. The zero-order valence-corrected chi connectivity index (χ0v) is 26.7. The van der Waals surface area contributed by atoms with Crippen LogP contribution in [0.25, 0.3) is 10.2 Å². The minimum Gasteiger partial charge on any atom is -0.496 e. The molecule has 258 valence electrons. The van der Waals surface area contributed by atoms with Gasteiger partial charge in [0.25, 0.3) is 11.8 Å². The quantitative estimate of drug-likeness (QED) is 0.340. The first-order valence-electron chi connectivity index (χ1n) is 14.7. The van der Waals surface area contributed by atoms with E-state index in [9.17, 15) is 40.0 Å². The number of ether oxygens (including phenoxy) is 4. The van der Waals surface area contributed by atoms with Crippen molar-refractivity contribution in [2.75, 3.05) is 42.1 Å². The van der Waals surface area contributed by atoms with Gasteiger partial charge in [-0.3, -0.25) is 9.59 Å². The molecule has 0 radical (unpaired) electrons. The van der Waals surface area contributed by atoms with E-state index in [-0.39, 0.29) is 59.9 Å². The Hall–Kier alpha value is -3.97. The van der Waals surface area contributed by atoms with Crippen LogP contribution in [0.2, 0.25) is 0 Å². The summed E-state index contributed by atoms with van der Waals surface area (Å²) in [6, 6.07) is 5.00. The number of thiazole rings is 1. The Morgan fingerprint density at radius 3 is 2.40 bits per heavy atom. The average Bonchev–Trinajstić information content (AvgIpc) is 3.58. The molecule has 2 N–H and O–H groups in total. The zero-order valence-electron chi connectivity index (χ0n) is 25.0. The summed E-state index contributed by atoms with van der Waals surface area (Å²) < 4.78 is 114. The lowest BCUT2D eigenvalue weighted by atomic mass is 9.70. The summed E-state index contributed by atoms with van der Waals surface area (Å²) in [6.45, 7) is 0.00946. The summed E-state index contributed by atoms with van der Waals surface area (Å²) in [5.41, 5.74) is -3.72. The molecule has 1 aromatic heterocycles. The maximum absolute atomic E-state index is 14.0. The van der Waals surface area contributed by atoms with Crippen molar-refractivity contribution >= 4 is 54.0 Å². The first-order valence-corrected chi connectivity index (χ1v) is 17.4. The van der Waals surface area contributed by atoms with Gasteiger partial charge >= 0.3 is 12.5 Å². The Kier molecular flexibility index (Phi) is 7.48. The summed E-state index contributed by atoms with van der Waals surface area (Å²) in [6.07, 6.45) is -9.09. The second-order valence-corrected chi connectivity index (χ2v) is 15.3. The number of nitrogens with one attached hydrogen (secondary N) is 2. The van der Waals surface area contributed by atoms with Crippen molar-refractivity contribution < 1.29 is 58.9 Å². The zero-order chi connectivity index (χ0) is 34.3. The number of aromatic nitrogens is 1. The molecular formula is C29H27F5N4O8S2. The lowest BCUT2D eigenvalue weighted by molar-refractivity contribution is -0.317. The highest BCUT2D eigenvalue weighted by Crippen LogP contribution is 2.52. The Balaban J connectivity index is 1.21. The molecule has 5 heterocycles. The number of hydrogen-bond acceptors (Lipinski definition) is 11. The van der Waals surface area contributed by atoms with E-state index in [1.54, 1.807) is 11.0 Å². The molecule has 0 atom stereocenters. The van der Waals surface area contributed by atoms with E-state index in [1.807, 2.05) is 0 Å². The minimum atomic E-state index is -4.59. The van der Waals surface area contributed by atoms with Crippen molar-refractivity contribution in [1.29, 1.82) is 0 Å². The number of halogens is 5. The van der Waals surface area contributed by atoms with Gasteiger partial charge in [-0.2, -0.15) is 13.2 Å². The number of benzene rings is 2. The monoisotopic (exact) mass is 718 g/mol. The third-order valence-electron chi connectivity index (χ3n) is 9.03. The van der Waals surface area contributed by atoms with E-state index >= 15 is 0 Å². The van der Waals surface area contributed by atoms with Crippen LogP contribution in [-0.4, -0.2) is 80.7 Å². The number of anilines is 2. The molecule has 0 unspecified atom stereocenters. The van der Waals surface area contributed by atoms with Crippen LogP contribution in [0.5, 0.6) is 17.2 Å². The van der Waals surface area contributed by atoms with Crippen LogP contribution in [-0.2, 0) is 14.6 Å². The number of carbonyl (C=O) groups is 2. The van der Waals surface area contributed by atoms with Gasteiger partial charge in [-0.15, -0.1) is 8.78 Å². The Labute approximate surface area is 273 Å². The van der Waals surface area contributed by atoms with E-state index in [0.29, 0.717) is 28.3 Å². The third kappa shape index (κ3) is 5.64. The molecule has 3 aromatic rings. The van der Waals surface area contributed by atoms with Crippen LogP contribution in [0.3, 0.4) is 0 Å². The highest BCUT2D eigenvalue weighted by atomic mass is 32.2. The number of amides is 2. The minimum absolute atomic E-state index is 0.0250. The van der Waals surface area contributed by atoms with E-state index < -0.39 is 63.4 Å². The molecule has 8 rings (SSSR count). The predicted molar refractivity (Wildman–Crippen MR) is 161 cm³/mol. The Bertz CT molecular complexity index is 1930. The van der Waals surface area contributed by atoms with Gasteiger partial charge in [-0.05, 0) is 50.3 Å². The van der Waals surface area contributed by atoms with Gasteiger partial charge in [0.05, 0.1) is 46.5 Å². The molecular weight excluding hydrogens is 691 g/mol. The summed E-state index contributed by atoms with van der Waals surface area (Å²) in [5.74, 6) is -2.77. The van der Waals surface area contributed by atoms with Crippen LogP contribution in [0.4, 0.5) is 32.8 Å². The molecule has 1 aliphatic carbocycles. The molecule has 2 bridgehead atoms. The van der Waals surface area contributed by atoms with Crippen molar-refractivity contribution in [3.8, 4) is 17.2 Å². The second kappa shape index (κ2) is 11.0. The van der Waals surface area contributed by atoms with Gasteiger partial charge in [0.15, 0.2) is 32.1 Å². The number of rotatable bonds is 6. The SMILES string of the molecule is COc1ccc2nc(N3CCCS(=O)(=O)C3)sc2c1C(=O)Nc1cc2c(cc1C(=O)NC13CCC(C(F)(F)F)(CC1)OC3)OC(F)(F)O2. The molecule has 4 fully saturated rings. The van der Waals surface area contributed by atoms with Gasteiger partial charge in [0, 0.05) is 12.6 Å². The van der Waals surface area contributed by atoms with Gasteiger partial charge in [0.2, 0.25) is 0 Å². The largest absolute Gasteiger partial charge is 0.586 e. The van der Waals surface area contributed by atoms with E-state index in [0.717, 1.165) is 23.5 Å². The Morgan fingerprint density at radius 1 is 1.06 bits per heavy atom. The van der Waals surface area contributed by atoms with E-state index in [1.165, 1.54) is 13.2 Å². The molecule has 0 spiro atoms. The molecule has 4 aliphatic heterocycles. The van der Waals surface area contributed by atoms with Crippen LogP contribution in [0.15, 0.2) is 24.3 Å². The number of nitrogens with zero attached hydrogens (tertiary/aromatic N) is 2.